The largest absolute Gasteiger partial charge is 0.391 e. The first-order valence-electron chi connectivity index (χ1n) is 6.24. The molecule has 4 atom stereocenters. The van der Waals surface area contributed by atoms with Crippen molar-refractivity contribution in [2.75, 3.05) is 6.54 Å². The zero-order valence-corrected chi connectivity index (χ0v) is 9.71. The van der Waals surface area contributed by atoms with Crippen molar-refractivity contribution in [2.24, 2.45) is 5.92 Å². The summed E-state index contributed by atoms with van der Waals surface area (Å²) >= 11 is 0. The molecule has 0 radical (unpaired) electrons. The van der Waals surface area contributed by atoms with Crippen LogP contribution in [0.3, 0.4) is 0 Å². The fraction of sp³-hybridized carbons (Fsp3) is 0.571. The Balaban J connectivity index is 1.79. The molecule has 1 saturated heterocycles. The topological polar surface area (TPSA) is 23.5 Å². The molecule has 1 aromatic rings. The Bertz CT molecular complexity index is 364. The lowest BCUT2D eigenvalue weighted by atomic mass is 10.0. The van der Waals surface area contributed by atoms with Gasteiger partial charge in [0.1, 0.15) is 0 Å². The van der Waals surface area contributed by atoms with E-state index in [-0.39, 0.29) is 6.10 Å². The lowest BCUT2D eigenvalue weighted by Crippen LogP contribution is -2.42. The lowest BCUT2D eigenvalue weighted by Gasteiger charge is -2.35. The molecular formula is C14H19NO. The third kappa shape index (κ3) is 1.57. The van der Waals surface area contributed by atoms with Gasteiger partial charge in [0.15, 0.2) is 0 Å². The molecule has 1 unspecified atom stereocenters. The Kier molecular flexibility index (Phi) is 2.49. The molecule has 0 aromatic heterocycles. The van der Waals surface area contributed by atoms with Gasteiger partial charge in [-0.25, -0.2) is 0 Å². The molecule has 2 fully saturated rings. The number of aliphatic hydroxyl groups excluding tert-OH is 1. The van der Waals surface area contributed by atoms with E-state index >= 15 is 0 Å². The van der Waals surface area contributed by atoms with E-state index in [4.69, 9.17) is 0 Å². The first-order chi connectivity index (χ1) is 7.75. The first-order valence-corrected chi connectivity index (χ1v) is 6.24. The summed E-state index contributed by atoms with van der Waals surface area (Å²) in [5.41, 5.74) is 1.36. The second kappa shape index (κ2) is 3.86. The maximum Gasteiger partial charge on any atom is 0.0698 e. The van der Waals surface area contributed by atoms with Gasteiger partial charge in [-0.3, -0.25) is 4.90 Å². The predicted molar refractivity (Wildman–Crippen MR) is 64.1 cm³/mol. The average Bonchev–Trinajstić information content (AvgIpc) is 2.88. The SMILES string of the molecule is CC(c1ccccc1)N1C[C@H]2C[C@H](O)[C@@H]1C2. The van der Waals surface area contributed by atoms with Gasteiger partial charge in [0, 0.05) is 18.6 Å². The maximum atomic E-state index is 9.94. The summed E-state index contributed by atoms with van der Waals surface area (Å²) in [4.78, 5) is 2.48. The summed E-state index contributed by atoms with van der Waals surface area (Å²) in [6.45, 7) is 3.42. The number of piperidine rings is 1. The van der Waals surface area contributed by atoms with Gasteiger partial charge >= 0.3 is 0 Å². The molecule has 1 heterocycles. The number of aliphatic hydroxyl groups is 1. The quantitative estimate of drug-likeness (QED) is 0.821. The molecule has 1 aliphatic heterocycles. The van der Waals surface area contributed by atoms with Gasteiger partial charge in [-0.05, 0) is 31.2 Å². The van der Waals surface area contributed by atoms with Gasteiger partial charge < -0.3 is 5.11 Å². The monoisotopic (exact) mass is 217 g/mol. The lowest BCUT2D eigenvalue weighted by molar-refractivity contribution is 0.0361. The number of rotatable bonds is 2. The molecule has 1 aliphatic carbocycles. The van der Waals surface area contributed by atoms with Crippen molar-refractivity contribution in [1.29, 1.82) is 0 Å². The van der Waals surface area contributed by atoms with Gasteiger partial charge in [0.2, 0.25) is 0 Å². The second-order valence-electron chi connectivity index (χ2n) is 5.26. The molecule has 86 valence electrons. The predicted octanol–water partition coefficient (Wildman–Crippen LogP) is 2.20. The Morgan fingerprint density at radius 1 is 1.25 bits per heavy atom. The van der Waals surface area contributed by atoms with Crippen LogP contribution < -0.4 is 0 Å². The number of benzene rings is 1. The van der Waals surface area contributed by atoms with Crippen molar-refractivity contribution in [1.82, 2.24) is 4.90 Å². The molecule has 3 rings (SSSR count). The van der Waals surface area contributed by atoms with Crippen molar-refractivity contribution in [3.8, 4) is 0 Å². The highest BCUT2D eigenvalue weighted by molar-refractivity contribution is 5.19. The van der Waals surface area contributed by atoms with Gasteiger partial charge in [-0.2, -0.15) is 0 Å². The molecular weight excluding hydrogens is 198 g/mol. The summed E-state index contributed by atoms with van der Waals surface area (Å²) in [5.74, 6) is 0.728. The molecule has 0 spiro atoms. The van der Waals surface area contributed by atoms with E-state index in [9.17, 15) is 5.11 Å². The van der Waals surface area contributed by atoms with E-state index in [0.29, 0.717) is 12.1 Å². The second-order valence-corrected chi connectivity index (χ2v) is 5.26. The summed E-state index contributed by atoms with van der Waals surface area (Å²) in [6, 6.07) is 11.5. The van der Waals surface area contributed by atoms with Crippen molar-refractivity contribution in [2.45, 2.75) is 38.0 Å². The highest BCUT2D eigenvalue weighted by Gasteiger charge is 2.45. The van der Waals surface area contributed by atoms with E-state index < -0.39 is 0 Å². The number of fused-ring (bicyclic) bond motifs is 2. The Morgan fingerprint density at radius 2 is 2.00 bits per heavy atom. The molecule has 1 N–H and O–H groups in total. The summed E-state index contributed by atoms with van der Waals surface area (Å²) < 4.78 is 0. The van der Waals surface area contributed by atoms with Crippen LogP contribution in [0.1, 0.15) is 31.4 Å². The van der Waals surface area contributed by atoms with Crippen molar-refractivity contribution in [3.63, 3.8) is 0 Å². The van der Waals surface area contributed by atoms with E-state index in [0.717, 1.165) is 18.9 Å². The Morgan fingerprint density at radius 3 is 2.62 bits per heavy atom. The molecule has 2 heteroatoms. The van der Waals surface area contributed by atoms with Gasteiger partial charge in [-0.15, -0.1) is 0 Å². The smallest absolute Gasteiger partial charge is 0.0698 e. The highest BCUT2D eigenvalue weighted by atomic mass is 16.3. The van der Waals surface area contributed by atoms with Crippen LogP contribution >= 0.6 is 0 Å². The summed E-state index contributed by atoms with van der Waals surface area (Å²) in [5, 5.41) is 9.94. The van der Waals surface area contributed by atoms with Crippen LogP contribution in [0.15, 0.2) is 30.3 Å². The molecule has 2 bridgehead atoms. The Hall–Kier alpha value is -0.860. The molecule has 2 nitrogen and oxygen atoms in total. The van der Waals surface area contributed by atoms with Crippen LogP contribution in [0.2, 0.25) is 0 Å². The zero-order chi connectivity index (χ0) is 11.1. The van der Waals surface area contributed by atoms with Crippen LogP contribution in [0.4, 0.5) is 0 Å². The average molecular weight is 217 g/mol. The van der Waals surface area contributed by atoms with E-state index in [1.165, 1.54) is 12.0 Å². The Labute approximate surface area is 96.9 Å². The number of hydrogen-bond acceptors (Lipinski definition) is 2. The minimum atomic E-state index is -0.0927. The van der Waals surface area contributed by atoms with Crippen LogP contribution in [-0.4, -0.2) is 28.7 Å². The van der Waals surface area contributed by atoms with E-state index in [1.54, 1.807) is 0 Å². The molecule has 2 aliphatic rings. The van der Waals surface area contributed by atoms with Crippen LogP contribution in [-0.2, 0) is 0 Å². The van der Waals surface area contributed by atoms with Crippen LogP contribution in [0.5, 0.6) is 0 Å². The summed E-state index contributed by atoms with van der Waals surface area (Å²) in [7, 11) is 0. The van der Waals surface area contributed by atoms with E-state index in [2.05, 4.69) is 42.2 Å². The maximum absolute atomic E-state index is 9.94. The summed E-state index contributed by atoms with van der Waals surface area (Å²) in [6.07, 6.45) is 2.12. The fourth-order valence-corrected chi connectivity index (χ4v) is 3.40. The van der Waals surface area contributed by atoms with Gasteiger partial charge in [-0.1, -0.05) is 30.3 Å². The van der Waals surface area contributed by atoms with Crippen LogP contribution in [0, 0.1) is 5.92 Å². The molecule has 16 heavy (non-hydrogen) atoms. The zero-order valence-electron chi connectivity index (χ0n) is 9.71. The number of likely N-dealkylation sites (tertiary alicyclic amines) is 1. The number of nitrogens with zero attached hydrogens (tertiary/aromatic N) is 1. The molecule has 1 aromatic carbocycles. The molecule has 0 amide bonds. The standard InChI is InChI=1S/C14H19NO/c1-10(12-5-3-2-4-6-12)15-9-11-7-13(15)14(16)8-11/h2-6,10-11,13-14,16H,7-9H2,1H3/t10?,11-,13+,14+/m1/s1. The third-order valence-electron chi connectivity index (χ3n) is 4.27. The minimum absolute atomic E-state index is 0.0927. The first kappa shape index (κ1) is 10.3. The minimum Gasteiger partial charge on any atom is -0.391 e. The van der Waals surface area contributed by atoms with Crippen molar-refractivity contribution >= 4 is 0 Å². The van der Waals surface area contributed by atoms with Gasteiger partial charge in [0.25, 0.3) is 0 Å². The van der Waals surface area contributed by atoms with Crippen LogP contribution in [0.25, 0.3) is 0 Å². The fourth-order valence-electron chi connectivity index (χ4n) is 3.40. The molecule has 1 saturated carbocycles. The third-order valence-corrected chi connectivity index (χ3v) is 4.27. The van der Waals surface area contributed by atoms with Crippen molar-refractivity contribution < 1.29 is 5.11 Å². The highest BCUT2D eigenvalue weighted by Crippen LogP contribution is 2.41. The normalized spacial score (nSPS) is 35.5. The number of hydrogen-bond donors (Lipinski definition) is 1. The van der Waals surface area contributed by atoms with E-state index in [1.807, 2.05) is 0 Å². The van der Waals surface area contributed by atoms with Gasteiger partial charge in [0.05, 0.1) is 6.10 Å². The van der Waals surface area contributed by atoms with Crippen molar-refractivity contribution in [3.05, 3.63) is 35.9 Å².